The monoisotopic (exact) mass is 259 g/mol. The number of carbonyl (C=O) groups is 1. The van der Waals surface area contributed by atoms with E-state index in [4.69, 9.17) is 11.6 Å². The van der Waals surface area contributed by atoms with Crippen molar-refractivity contribution >= 4 is 23.2 Å². The molecule has 2 aliphatic rings. The van der Waals surface area contributed by atoms with Crippen molar-refractivity contribution in [3.05, 3.63) is 52.1 Å². The number of rotatable bonds is 1. The summed E-state index contributed by atoms with van der Waals surface area (Å²) in [6.07, 6.45) is 6.66. The Labute approximate surface area is 111 Å². The van der Waals surface area contributed by atoms with Crippen molar-refractivity contribution in [2.45, 2.75) is 25.7 Å². The van der Waals surface area contributed by atoms with Crippen LogP contribution in [0.4, 0.5) is 0 Å². The first-order valence-corrected chi connectivity index (χ1v) is 6.65. The molecule has 0 saturated heterocycles. The maximum absolute atomic E-state index is 11.8. The highest BCUT2D eigenvalue weighted by Gasteiger charge is 2.26. The van der Waals surface area contributed by atoms with Gasteiger partial charge in [0, 0.05) is 11.1 Å². The largest absolute Gasteiger partial charge is 0.320 e. The average Bonchev–Trinajstić information content (AvgIpc) is 2.77. The van der Waals surface area contributed by atoms with E-state index in [2.05, 4.69) is 11.4 Å². The lowest BCUT2D eigenvalue weighted by molar-refractivity contribution is 0.0981. The maximum Gasteiger partial charge on any atom is 0.256 e. The Morgan fingerprint density at radius 1 is 1.17 bits per heavy atom. The molecule has 1 aliphatic carbocycles. The van der Waals surface area contributed by atoms with E-state index in [0.717, 1.165) is 29.7 Å². The second-order valence-electron chi connectivity index (χ2n) is 4.66. The van der Waals surface area contributed by atoms with Crippen LogP contribution in [0, 0.1) is 0 Å². The molecule has 0 unspecified atom stereocenters. The predicted molar refractivity (Wildman–Crippen MR) is 73.2 cm³/mol. The highest BCUT2D eigenvalue weighted by molar-refractivity contribution is 6.36. The number of fused-ring (bicyclic) bond motifs is 1. The molecule has 1 heterocycles. The van der Waals surface area contributed by atoms with E-state index in [1.807, 2.05) is 24.3 Å². The molecule has 1 aromatic carbocycles. The van der Waals surface area contributed by atoms with Crippen LogP contribution in [0.3, 0.4) is 0 Å². The summed E-state index contributed by atoms with van der Waals surface area (Å²) >= 11 is 6.46. The normalized spacial score (nSPS) is 21.2. The van der Waals surface area contributed by atoms with Gasteiger partial charge in [-0.3, -0.25) is 4.79 Å². The van der Waals surface area contributed by atoms with Gasteiger partial charge in [-0.2, -0.15) is 0 Å². The summed E-state index contributed by atoms with van der Waals surface area (Å²) in [6, 6.07) is 7.57. The molecule has 0 radical (unpaired) electrons. The number of nitrogens with one attached hydrogen (secondary N) is 1. The highest BCUT2D eigenvalue weighted by atomic mass is 35.5. The van der Waals surface area contributed by atoms with Gasteiger partial charge in [-0.05, 0) is 37.3 Å². The van der Waals surface area contributed by atoms with Gasteiger partial charge in [0.15, 0.2) is 0 Å². The third-order valence-corrected chi connectivity index (χ3v) is 3.90. The quantitative estimate of drug-likeness (QED) is 0.816. The Balaban J connectivity index is 2.08. The Morgan fingerprint density at radius 2 is 1.94 bits per heavy atom. The third-order valence-electron chi connectivity index (χ3n) is 3.47. The molecular formula is C15H14ClNO. The van der Waals surface area contributed by atoms with Crippen molar-refractivity contribution < 1.29 is 4.79 Å². The first-order chi connectivity index (χ1) is 8.77. The Hall–Kier alpha value is -1.54. The fourth-order valence-electron chi connectivity index (χ4n) is 2.52. The predicted octanol–water partition coefficient (Wildman–Crippen LogP) is 3.84. The SMILES string of the molecule is O=C1N/C(=C(\Cl)C2=CCCCC2)c2ccccc21. The summed E-state index contributed by atoms with van der Waals surface area (Å²) < 4.78 is 0. The van der Waals surface area contributed by atoms with Gasteiger partial charge in [0.2, 0.25) is 0 Å². The lowest BCUT2D eigenvalue weighted by atomic mass is 9.97. The summed E-state index contributed by atoms with van der Waals surface area (Å²) in [6.45, 7) is 0. The highest BCUT2D eigenvalue weighted by Crippen LogP contribution is 2.35. The van der Waals surface area contributed by atoms with Crippen LogP contribution in [0.5, 0.6) is 0 Å². The molecule has 2 nitrogen and oxygen atoms in total. The first kappa shape index (κ1) is 11.5. The van der Waals surface area contributed by atoms with E-state index >= 15 is 0 Å². The molecule has 0 atom stereocenters. The Bertz CT molecular complexity index is 572. The summed E-state index contributed by atoms with van der Waals surface area (Å²) in [5.41, 5.74) is 3.56. The molecule has 1 aromatic rings. The molecule has 0 fully saturated rings. The van der Waals surface area contributed by atoms with Gasteiger partial charge in [-0.1, -0.05) is 35.9 Å². The molecule has 1 aliphatic heterocycles. The lowest BCUT2D eigenvalue weighted by Gasteiger charge is -2.14. The maximum atomic E-state index is 11.8. The minimum atomic E-state index is -0.0600. The van der Waals surface area contributed by atoms with Gasteiger partial charge in [0.05, 0.1) is 10.7 Å². The van der Waals surface area contributed by atoms with E-state index in [-0.39, 0.29) is 5.91 Å². The van der Waals surface area contributed by atoms with Crippen LogP contribution in [0.2, 0.25) is 0 Å². The van der Waals surface area contributed by atoms with Crippen LogP contribution in [0.25, 0.3) is 5.70 Å². The van der Waals surface area contributed by atoms with Crippen LogP contribution in [-0.4, -0.2) is 5.91 Å². The second kappa shape index (κ2) is 4.62. The number of halogens is 1. The molecule has 3 heteroatoms. The number of amides is 1. The topological polar surface area (TPSA) is 29.1 Å². The minimum absolute atomic E-state index is 0.0600. The standard InChI is InChI=1S/C15H14ClNO/c16-13(10-6-2-1-3-7-10)14-11-8-4-5-9-12(11)15(18)17-14/h4-6,8-9H,1-3,7H2,(H,17,18)/b14-13-. The molecule has 1 N–H and O–H groups in total. The minimum Gasteiger partial charge on any atom is -0.320 e. The average molecular weight is 260 g/mol. The van der Waals surface area contributed by atoms with Crippen molar-refractivity contribution in [3.8, 4) is 0 Å². The molecule has 1 amide bonds. The van der Waals surface area contributed by atoms with Gasteiger partial charge in [0.1, 0.15) is 0 Å². The van der Waals surface area contributed by atoms with Gasteiger partial charge < -0.3 is 5.32 Å². The van der Waals surface area contributed by atoms with Crippen molar-refractivity contribution in [2.75, 3.05) is 0 Å². The first-order valence-electron chi connectivity index (χ1n) is 6.27. The molecule has 0 bridgehead atoms. The van der Waals surface area contributed by atoms with Crippen LogP contribution < -0.4 is 5.32 Å². The molecule has 0 aromatic heterocycles. The van der Waals surface area contributed by atoms with E-state index in [1.165, 1.54) is 12.8 Å². The van der Waals surface area contributed by atoms with Crippen LogP contribution in [0.1, 0.15) is 41.6 Å². The molecule has 0 spiro atoms. The van der Waals surface area contributed by atoms with Crippen molar-refractivity contribution in [2.24, 2.45) is 0 Å². The van der Waals surface area contributed by atoms with Crippen LogP contribution in [0.15, 0.2) is 40.9 Å². The fourth-order valence-corrected chi connectivity index (χ4v) is 2.84. The summed E-state index contributed by atoms with van der Waals surface area (Å²) in [7, 11) is 0. The summed E-state index contributed by atoms with van der Waals surface area (Å²) in [4.78, 5) is 11.8. The zero-order valence-electron chi connectivity index (χ0n) is 10.0. The van der Waals surface area contributed by atoms with Crippen molar-refractivity contribution in [1.82, 2.24) is 5.32 Å². The Kier molecular flexibility index (Phi) is 2.96. The van der Waals surface area contributed by atoms with E-state index in [0.29, 0.717) is 10.6 Å². The van der Waals surface area contributed by atoms with Crippen molar-refractivity contribution in [3.63, 3.8) is 0 Å². The molecule has 18 heavy (non-hydrogen) atoms. The number of hydrogen-bond acceptors (Lipinski definition) is 1. The number of benzene rings is 1. The number of allylic oxidation sites excluding steroid dienone is 3. The third kappa shape index (κ3) is 1.87. The zero-order valence-corrected chi connectivity index (χ0v) is 10.8. The second-order valence-corrected chi connectivity index (χ2v) is 5.04. The molecule has 92 valence electrons. The summed E-state index contributed by atoms with van der Waals surface area (Å²) in [5, 5.41) is 3.59. The number of hydrogen-bond donors (Lipinski definition) is 1. The van der Waals surface area contributed by atoms with Gasteiger partial charge >= 0.3 is 0 Å². The molecule has 3 rings (SSSR count). The zero-order chi connectivity index (χ0) is 12.5. The number of carbonyl (C=O) groups excluding carboxylic acids is 1. The fraction of sp³-hybridized carbons (Fsp3) is 0.267. The van der Waals surface area contributed by atoms with Gasteiger partial charge in [-0.15, -0.1) is 0 Å². The molecular weight excluding hydrogens is 246 g/mol. The van der Waals surface area contributed by atoms with Gasteiger partial charge in [-0.25, -0.2) is 0 Å². The molecule has 0 saturated carbocycles. The van der Waals surface area contributed by atoms with Crippen LogP contribution in [-0.2, 0) is 0 Å². The van der Waals surface area contributed by atoms with E-state index < -0.39 is 0 Å². The summed E-state index contributed by atoms with van der Waals surface area (Å²) in [5.74, 6) is -0.0600. The van der Waals surface area contributed by atoms with Crippen molar-refractivity contribution in [1.29, 1.82) is 0 Å². The van der Waals surface area contributed by atoms with E-state index in [1.54, 1.807) is 0 Å². The lowest BCUT2D eigenvalue weighted by Crippen LogP contribution is -2.13. The Morgan fingerprint density at radius 3 is 2.67 bits per heavy atom. The smallest absolute Gasteiger partial charge is 0.256 e. The van der Waals surface area contributed by atoms with Crippen LogP contribution >= 0.6 is 11.6 Å². The van der Waals surface area contributed by atoms with Gasteiger partial charge in [0.25, 0.3) is 5.91 Å². The van der Waals surface area contributed by atoms with E-state index in [9.17, 15) is 4.79 Å².